The number of amides is 1. The van der Waals surface area contributed by atoms with Crippen molar-refractivity contribution in [1.82, 2.24) is 9.80 Å². The lowest BCUT2D eigenvalue weighted by Gasteiger charge is -2.36. The zero-order chi connectivity index (χ0) is 25.5. The summed E-state index contributed by atoms with van der Waals surface area (Å²) in [5, 5.41) is 0. The number of hydrogen-bond acceptors (Lipinski definition) is 6. The van der Waals surface area contributed by atoms with Crippen molar-refractivity contribution in [2.24, 2.45) is 0 Å². The van der Waals surface area contributed by atoms with Gasteiger partial charge in [0.15, 0.2) is 11.5 Å². The molecule has 4 aliphatic rings. The van der Waals surface area contributed by atoms with E-state index in [1.165, 1.54) is 22.4 Å². The summed E-state index contributed by atoms with van der Waals surface area (Å²) in [7, 11) is 0. The van der Waals surface area contributed by atoms with Gasteiger partial charge in [0.25, 0.3) is 0 Å². The highest BCUT2D eigenvalue weighted by Gasteiger charge is 2.41. The topological polar surface area (TPSA) is 54.5 Å². The maximum absolute atomic E-state index is 13.0. The van der Waals surface area contributed by atoms with Crippen LogP contribution in [0.25, 0.3) is 0 Å². The summed E-state index contributed by atoms with van der Waals surface area (Å²) in [6, 6.07) is 23.2. The van der Waals surface area contributed by atoms with E-state index in [9.17, 15) is 4.79 Å². The molecule has 0 radical (unpaired) electrons. The van der Waals surface area contributed by atoms with Gasteiger partial charge in [0.05, 0.1) is 6.04 Å². The van der Waals surface area contributed by atoms with Gasteiger partial charge in [0.1, 0.15) is 6.61 Å². The molecule has 3 aromatic carbocycles. The summed E-state index contributed by atoms with van der Waals surface area (Å²) < 4.78 is 16.7. The Morgan fingerprint density at radius 1 is 0.842 bits per heavy atom. The van der Waals surface area contributed by atoms with E-state index in [4.69, 9.17) is 14.2 Å². The minimum absolute atomic E-state index is 0.125. The number of nitrogens with zero attached hydrogens (tertiary/aromatic N) is 3. The monoisotopic (exact) mass is 511 g/mol. The van der Waals surface area contributed by atoms with Crippen molar-refractivity contribution in [3.63, 3.8) is 0 Å². The minimum atomic E-state index is -0.201. The van der Waals surface area contributed by atoms with Crippen molar-refractivity contribution < 1.29 is 19.0 Å². The SMILES string of the molecule is O=C(OCc1ccccc1)N1CC[C@H]2CC1c1ccc(N3CCN(Cc4ccc5c(c4)OCO5)CC3)cc12. The van der Waals surface area contributed by atoms with Gasteiger partial charge in [0.2, 0.25) is 6.79 Å². The summed E-state index contributed by atoms with van der Waals surface area (Å²) in [4.78, 5) is 19.9. The normalized spacial score (nSPS) is 21.9. The number of piperidine rings is 1. The third kappa shape index (κ3) is 4.45. The number of likely N-dealkylation sites (tertiary alicyclic amines) is 1. The number of anilines is 1. The van der Waals surface area contributed by atoms with Crippen molar-refractivity contribution in [1.29, 1.82) is 0 Å². The molecule has 0 N–H and O–H groups in total. The van der Waals surface area contributed by atoms with Crippen molar-refractivity contribution in [3.8, 4) is 11.5 Å². The predicted molar refractivity (Wildman–Crippen MR) is 145 cm³/mol. The van der Waals surface area contributed by atoms with Crippen molar-refractivity contribution in [3.05, 3.63) is 89.0 Å². The van der Waals surface area contributed by atoms with E-state index in [-0.39, 0.29) is 12.1 Å². The van der Waals surface area contributed by atoms with Crippen LogP contribution in [0.15, 0.2) is 66.7 Å². The van der Waals surface area contributed by atoms with Crippen LogP contribution < -0.4 is 14.4 Å². The Kier molecular flexibility index (Phi) is 6.08. The average Bonchev–Trinajstić information content (AvgIpc) is 3.54. The van der Waals surface area contributed by atoms with Gasteiger partial charge < -0.3 is 24.0 Å². The van der Waals surface area contributed by atoms with Crippen LogP contribution in [0, 0.1) is 0 Å². The Morgan fingerprint density at radius 2 is 1.68 bits per heavy atom. The van der Waals surface area contributed by atoms with Crippen LogP contribution in [0.2, 0.25) is 0 Å². The first-order valence-electron chi connectivity index (χ1n) is 13.7. The summed E-state index contributed by atoms with van der Waals surface area (Å²) in [5.41, 5.74) is 6.31. The zero-order valence-electron chi connectivity index (χ0n) is 21.6. The Morgan fingerprint density at radius 3 is 2.55 bits per heavy atom. The van der Waals surface area contributed by atoms with Gasteiger partial charge in [-0.1, -0.05) is 42.5 Å². The smallest absolute Gasteiger partial charge is 0.410 e. The molecule has 3 heterocycles. The first-order valence-corrected chi connectivity index (χ1v) is 13.7. The van der Waals surface area contributed by atoms with Gasteiger partial charge in [-0.05, 0) is 65.3 Å². The number of carbonyl (C=O) groups is 1. The third-order valence-electron chi connectivity index (χ3n) is 8.49. The molecule has 2 fully saturated rings. The zero-order valence-corrected chi connectivity index (χ0v) is 21.6. The van der Waals surface area contributed by atoms with E-state index < -0.39 is 0 Å². The standard InChI is InChI=1S/C31H33N3O4/c35-31(36-20-22-4-2-1-3-5-22)34-11-10-24-17-28(34)26-8-7-25(18-27(24)26)33-14-12-32(13-15-33)19-23-6-9-29-30(16-23)38-21-37-29/h1-9,16,18,24,28H,10-15,17,19-21H2/t24-,28?/m0/s1. The molecule has 0 aromatic heterocycles. The van der Waals surface area contributed by atoms with Crippen molar-refractivity contribution in [2.75, 3.05) is 44.4 Å². The molecule has 3 aromatic rings. The van der Waals surface area contributed by atoms with E-state index >= 15 is 0 Å². The molecule has 7 nitrogen and oxygen atoms in total. The molecule has 0 saturated carbocycles. The number of ether oxygens (including phenoxy) is 3. The minimum Gasteiger partial charge on any atom is -0.454 e. The van der Waals surface area contributed by atoms with E-state index in [1.54, 1.807) is 0 Å². The molecular formula is C31H33N3O4. The number of carbonyl (C=O) groups excluding carboxylic acids is 1. The highest BCUT2D eigenvalue weighted by atomic mass is 16.7. The quantitative estimate of drug-likeness (QED) is 0.463. The number of piperazine rings is 1. The van der Waals surface area contributed by atoms with E-state index in [0.717, 1.165) is 69.2 Å². The van der Waals surface area contributed by atoms with Crippen molar-refractivity contribution in [2.45, 2.75) is 38.0 Å². The molecule has 7 rings (SSSR count). The van der Waals surface area contributed by atoms with Gasteiger partial charge in [-0.3, -0.25) is 4.90 Å². The fourth-order valence-corrected chi connectivity index (χ4v) is 6.44. The molecule has 2 atom stereocenters. The van der Waals surface area contributed by atoms with Crippen molar-refractivity contribution >= 4 is 11.8 Å². The summed E-state index contributed by atoms with van der Waals surface area (Å²) in [5.74, 6) is 2.22. The lowest BCUT2D eigenvalue weighted by molar-refractivity contribution is 0.0694. The molecule has 7 heteroatoms. The molecule has 38 heavy (non-hydrogen) atoms. The third-order valence-corrected chi connectivity index (χ3v) is 8.49. The number of hydrogen-bond donors (Lipinski definition) is 0. The van der Waals surface area contributed by atoms with Crippen LogP contribution in [-0.4, -0.2) is 55.4 Å². The van der Waals surface area contributed by atoms with Crippen LogP contribution in [-0.2, 0) is 17.9 Å². The average molecular weight is 512 g/mol. The maximum Gasteiger partial charge on any atom is 0.410 e. The molecule has 3 aliphatic heterocycles. The number of fused-ring (bicyclic) bond motifs is 6. The molecular weight excluding hydrogens is 478 g/mol. The van der Waals surface area contributed by atoms with Crippen LogP contribution in [0.4, 0.5) is 10.5 Å². The summed E-state index contributed by atoms with van der Waals surface area (Å²) >= 11 is 0. The Bertz CT molecular complexity index is 1320. The lowest BCUT2D eigenvalue weighted by Crippen LogP contribution is -2.46. The first-order chi connectivity index (χ1) is 18.7. The lowest BCUT2D eigenvalue weighted by atomic mass is 9.95. The Hall–Kier alpha value is -3.71. The highest BCUT2D eigenvalue weighted by molar-refractivity contribution is 5.70. The first kappa shape index (κ1) is 23.4. The van der Waals surface area contributed by atoms with Crippen LogP contribution in [0.1, 0.15) is 47.1 Å². The molecule has 196 valence electrons. The van der Waals surface area contributed by atoms with Crippen LogP contribution in [0.3, 0.4) is 0 Å². The second kappa shape index (κ2) is 9.87. The summed E-state index contributed by atoms with van der Waals surface area (Å²) in [6.45, 7) is 6.39. The summed E-state index contributed by atoms with van der Waals surface area (Å²) in [6.07, 6.45) is 1.80. The van der Waals surface area contributed by atoms with Gasteiger partial charge in [0, 0.05) is 45.0 Å². The maximum atomic E-state index is 13.0. The van der Waals surface area contributed by atoms with Gasteiger partial charge in [-0.25, -0.2) is 4.79 Å². The number of benzene rings is 3. The fourth-order valence-electron chi connectivity index (χ4n) is 6.44. The largest absolute Gasteiger partial charge is 0.454 e. The van der Waals surface area contributed by atoms with Gasteiger partial charge in [-0.15, -0.1) is 0 Å². The molecule has 1 unspecified atom stereocenters. The fraction of sp³-hybridized carbons (Fsp3) is 0.387. The molecule has 2 bridgehead atoms. The van der Waals surface area contributed by atoms with E-state index in [1.807, 2.05) is 41.3 Å². The van der Waals surface area contributed by atoms with Crippen LogP contribution >= 0.6 is 0 Å². The number of rotatable bonds is 5. The van der Waals surface area contributed by atoms with Crippen LogP contribution in [0.5, 0.6) is 11.5 Å². The van der Waals surface area contributed by atoms with E-state index in [2.05, 4.69) is 40.1 Å². The second-order valence-corrected chi connectivity index (χ2v) is 10.7. The molecule has 2 saturated heterocycles. The Balaban J connectivity index is 0.978. The van der Waals surface area contributed by atoms with Gasteiger partial charge in [-0.2, -0.15) is 0 Å². The van der Waals surface area contributed by atoms with E-state index in [0.29, 0.717) is 19.3 Å². The second-order valence-electron chi connectivity index (χ2n) is 10.7. The Labute approximate surface area is 223 Å². The highest BCUT2D eigenvalue weighted by Crippen LogP contribution is 2.50. The van der Waals surface area contributed by atoms with Gasteiger partial charge >= 0.3 is 6.09 Å². The molecule has 1 amide bonds. The molecule has 0 spiro atoms. The molecule has 1 aliphatic carbocycles. The predicted octanol–water partition coefficient (Wildman–Crippen LogP) is 5.31.